The van der Waals surface area contributed by atoms with E-state index < -0.39 is 7.12 Å². The van der Waals surface area contributed by atoms with Gasteiger partial charge in [0.2, 0.25) is 0 Å². The van der Waals surface area contributed by atoms with Crippen LogP contribution < -0.4 is 5.46 Å². The molecule has 0 fully saturated rings. The van der Waals surface area contributed by atoms with Gasteiger partial charge in [-0.1, -0.05) is 57.4 Å². The summed E-state index contributed by atoms with van der Waals surface area (Å²) in [5.41, 5.74) is 1.06. The molecule has 0 aliphatic heterocycles. The van der Waals surface area contributed by atoms with Gasteiger partial charge in [0.15, 0.2) is 5.78 Å². The third-order valence-electron chi connectivity index (χ3n) is 3.22. The van der Waals surface area contributed by atoms with E-state index in [1.165, 1.54) is 12.8 Å². The van der Waals surface area contributed by atoms with Crippen LogP contribution >= 0.6 is 0 Å². The van der Waals surface area contributed by atoms with Crippen molar-refractivity contribution in [1.82, 2.24) is 0 Å². The molecule has 0 unspecified atom stereocenters. The first-order chi connectivity index (χ1) is 9.00. The molecule has 0 aliphatic rings. The smallest absolute Gasteiger partial charge is 0.423 e. The lowest BCUT2D eigenvalue weighted by Gasteiger charge is -2.05. The Hall–Kier alpha value is -1.13. The summed E-state index contributed by atoms with van der Waals surface area (Å²) in [6.07, 6.45) is 4.99. The Morgan fingerprint density at radius 2 is 1.74 bits per heavy atom. The minimum atomic E-state index is -1.47. The molecule has 1 aromatic rings. The monoisotopic (exact) mass is 262 g/mol. The molecule has 3 nitrogen and oxygen atoms in total. The Bertz CT molecular complexity index is 385. The lowest BCUT2D eigenvalue weighted by Crippen LogP contribution is -2.29. The molecule has 2 N–H and O–H groups in total. The van der Waals surface area contributed by atoms with Crippen molar-refractivity contribution in [2.24, 2.45) is 5.92 Å². The van der Waals surface area contributed by atoms with Crippen LogP contribution in [0.25, 0.3) is 0 Å². The lowest BCUT2D eigenvalue weighted by molar-refractivity contribution is 0.0979. The molecule has 0 spiro atoms. The summed E-state index contributed by atoms with van der Waals surface area (Å²) in [6, 6.07) is 6.48. The molecule has 0 bridgehead atoms. The number of carbonyl (C=O) groups is 1. The van der Waals surface area contributed by atoms with E-state index in [1.807, 2.05) is 0 Å². The van der Waals surface area contributed by atoms with Gasteiger partial charge < -0.3 is 10.0 Å². The van der Waals surface area contributed by atoms with Gasteiger partial charge in [0, 0.05) is 12.0 Å². The van der Waals surface area contributed by atoms with E-state index >= 15 is 0 Å². The lowest BCUT2D eigenvalue weighted by atomic mass is 9.80. The zero-order valence-electron chi connectivity index (χ0n) is 11.8. The molecule has 104 valence electrons. The predicted molar refractivity (Wildman–Crippen MR) is 78.5 cm³/mol. The van der Waals surface area contributed by atoms with E-state index in [0.29, 0.717) is 17.4 Å². The average Bonchev–Trinajstić information content (AvgIpc) is 2.37. The van der Waals surface area contributed by atoms with Gasteiger partial charge in [0.05, 0.1) is 0 Å². The largest absolute Gasteiger partial charge is 0.488 e. The van der Waals surface area contributed by atoms with Crippen LogP contribution in [0.5, 0.6) is 0 Å². The van der Waals surface area contributed by atoms with Gasteiger partial charge in [-0.05, 0) is 17.8 Å². The van der Waals surface area contributed by atoms with Gasteiger partial charge >= 0.3 is 7.12 Å². The Labute approximate surface area is 115 Å². The fourth-order valence-electron chi connectivity index (χ4n) is 2.00. The molecular weight excluding hydrogens is 239 g/mol. The number of rotatable bonds is 8. The Balaban J connectivity index is 2.33. The first-order valence-electron chi connectivity index (χ1n) is 7.00. The summed E-state index contributed by atoms with van der Waals surface area (Å²) >= 11 is 0. The maximum Gasteiger partial charge on any atom is 0.488 e. The molecule has 1 rings (SSSR count). The second kappa shape index (κ2) is 8.13. The zero-order chi connectivity index (χ0) is 14.3. The van der Waals surface area contributed by atoms with Crippen LogP contribution in [0, 0.1) is 5.92 Å². The second-order valence-corrected chi connectivity index (χ2v) is 5.41. The standard InChI is InChI=1S/C15H23BO3/c1-12(2)6-4-3-5-7-15(17)13-8-10-14(11-9-13)16(18)19/h8-12,18-19H,3-7H2,1-2H3. The van der Waals surface area contributed by atoms with Crippen LogP contribution in [0.3, 0.4) is 0 Å². The topological polar surface area (TPSA) is 57.5 Å². The molecule has 0 aromatic heterocycles. The summed E-state index contributed by atoms with van der Waals surface area (Å²) < 4.78 is 0. The summed E-state index contributed by atoms with van der Waals surface area (Å²) in [7, 11) is -1.47. The Morgan fingerprint density at radius 1 is 1.11 bits per heavy atom. The fourth-order valence-corrected chi connectivity index (χ4v) is 2.00. The van der Waals surface area contributed by atoms with Crippen LogP contribution in [-0.2, 0) is 0 Å². The summed E-state index contributed by atoms with van der Waals surface area (Å²) in [5, 5.41) is 17.9. The quantitative estimate of drug-likeness (QED) is 0.429. The molecule has 0 saturated carbocycles. The fraction of sp³-hybridized carbons (Fsp3) is 0.533. The van der Waals surface area contributed by atoms with E-state index in [4.69, 9.17) is 10.0 Å². The highest BCUT2D eigenvalue weighted by atomic mass is 16.4. The van der Waals surface area contributed by atoms with Crippen molar-refractivity contribution in [2.45, 2.75) is 46.0 Å². The van der Waals surface area contributed by atoms with E-state index in [0.717, 1.165) is 18.8 Å². The summed E-state index contributed by atoms with van der Waals surface area (Å²) in [6.45, 7) is 4.42. The minimum absolute atomic E-state index is 0.128. The van der Waals surface area contributed by atoms with Crippen molar-refractivity contribution < 1.29 is 14.8 Å². The van der Waals surface area contributed by atoms with E-state index in [1.54, 1.807) is 24.3 Å². The zero-order valence-corrected chi connectivity index (χ0v) is 11.8. The van der Waals surface area contributed by atoms with Gasteiger partial charge in [0.25, 0.3) is 0 Å². The number of unbranched alkanes of at least 4 members (excludes halogenated alkanes) is 2. The molecule has 0 radical (unpaired) electrons. The maximum absolute atomic E-state index is 11.9. The van der Waals surface area contributed by atoms with Crippen molar-refractivity contribution in [2.75, 3.05) is 0 Å². The van der Waals surface area contributed by atoms with Crippen LogP contribution in [0.2, 0.25) is 0 Å². The van der Waals surface area contributed by atoms with Gasteiger partial charge in [-0.3, -0.25) is 4.79 Å². The van der Waals surface area contributed by atoms with Crippen LogP contribution in [0.4, 0.5) is 0 Å². The molecule has 4 heteroatoms. The number of carbonyl (C=O) groups excluding carboxylic acids is 1. The van der Waals surface area contributed by atoms with Crippen molar-refractivity contribution in [3.63, 3.8) is 0 Å². The first kappa shape index (κ1) is 15.9. The molecule has 0 amide bonds. The molecule has 0 heterocycles. The molecule has 0 aliphatic carbocycles. The van der Waals surface area contributed by atoms with Crippen molar-refractivity contribution in [1.29, 1.82) is 0 Å². The van der Waals surface area contributed by atoms with E-state index in [9.17, 15) is 4.79 Å². The molecule has 0 atom stereocenters. The van der Waals surface area contributed by atoms with Gasteiger partial charge in [-0.2, -0.15) is 0 Å². The highest BCUT2D eigenvalue weighted by Crippen LogP contribution is 2.11. The average molecular weight is 262 g/mol. The van der Waals surface area contributed by atoms with Gasteiger partial charge in [-0.25, -0.2) is 0 Å². The predicted octanol–water partition coefficient (Wildman–Crippen LogP) is 2.16. The highest BCUT2D eigenvalue weighted by Gasteiger charge is 2.11. The summed E-state index contributed by atoms with van der Waals surface area (Å²) in [5.74, 6) is 0.858. The highest BCUT2D eigenvalue weighted by molar-refractivity contribution is 6.58. The molecular formula is C15H23BO3. The van der Waals surface area contributed by atoms with Crippen molar-refractivity contribution in [3.8, 4) is 0 Å². The van der Waals surface area contributed by atoms with Gasteiger partial charge in [-0.15, -0.1) is 0 Å². The number of hydrogen-bond acceptors (Lipinski definition) is 3. The van der Waals surface area contributed by atoms with Crippen LogP contribution in [0.1, 0.15) is 56.3 Å². The normalized spacial score (nSPS) is 10.8. The number of Topliss-reactive ketones (excluding diaryl/α,β-unsaturated/α-hetero) is 1. The SMILES string of the molecule is CC(C)CCCCCC(=O)c1ccc(B(O)O)cc1. The Kier molecular flexibility index (Phi) is 6.81. The molecule has 0 saturated heterocycles. The number of ketones is 1. The van der Waals surface area contributed by atoms with Crippen LogP contribution in [-0.4, -0.2) is 22.9 Å². The third-order valence-corrected chi connectivity index (χ3v) is 3.22. The van der Waals surface area contributed by atoms with E-state index in [2.05, 4.69) is 13.8 Å². The number of benzene rings is 1. The maximum atomic E-state index is 11.9. The molecule has 1 aromatic carbocycles. The van der Waals surface area contributed by atoms with Crippen molar-refractivity contribution >= 4 is 18.4 Å². The van der Waals surface area contributed by atoms with Gasteiger partial charge in [0.1, 0.15) is 0 Å². The Morgan fingerprint density at radius 3 is 2.26 bits per heavy atom. The van der Waals surface area contributed by atoms with Crippen LogP contribution in [0.15, 0.2) is 24.3 Å². The molecule has 19 heavy (non-hydrogen) atoms. The number of hydrogen-bond donors (Lipinski definition) is 2. The summed E-state index contributed by atoms with van der Waals surface area (Å²) in [4.78, 5) is 11.9. The first-order valence-corrected chi connectivity index (χ1v) is 7.00. The third kappa shape index (κ3) is 6.03. The van der Waals surface area contributed by atoms with E-state index in [-0.39, 0.29) is 5.78 Å². The second-order valence-electron chi connectivity index (χ2n) is 5.41. The van der Waals surface area contributed by atoms with Crippen molar-refractivity contribution in [3.05, 3.63) is 29.8 Å². The minimum Gasteiger partial charge on any atom is -0.423 e.